The number of benzene rings is 1. The van der Waals surface area contributed by atoms with Crippen LogP contribution in [0, 0.1) is 11.7 Å². The lowest BCUT2D eigenvalue weighted by Gasteiger charge is -2.41. The van der Waals surface area contributed by atoms with Crippen LogP contribution < -0.4 is 0 Å². The van der Waals surface area contributed by atoms with Crippen molar-refractivity contribution in [3.63, 3.8) is 0 Å². The molecule has 0 saturated heterocycles. The maximum absolute atomic E-state index is 13.4. The summed E-state index contributed by atoms with van der Waals surface area (Å²) in [4.78, 5) is 2.10. The first kappa shape index (κ1) is 13.5. The van der Waals surface area contributed by atoms with Gasteiger partial charge in [0.2, 0.25) is 0 Å². The van der Waals surface area contributed by atoms with E-state index in [1.165, 1.54) is 12.1 Å². The van der Waals surface area contributed by atoms with Crippen molar-refractivity contribution >= 4 is 0 Å². The Morgan fingerprint density at radius 1 is 1.39 bits per heavy atom. The molecule has 0 aliphatic heterocycles. The lowest BCUT2D eigenvalue weighted by atomic mass is 9.71. The normalized spacial score (nSPS) is 28.6. The minimum absolute atomic E-state index is 0.183. The van der Waals surface area contributed by atoms with Crippen LogP contribution >= 0.6 is 0 Å². The molecule has 3 heteroatoms. The zero-order chi connectivity index (χ0) is 13.2. The lowest BCUT2D eigenvalue weighted by Crippen LogP contribution is -2.43. The molecule has 100 valence electrons. The van der Waals surface area contributed by atoms with E-state index in [1.54, 1.807) is 6.07 Å². The third-order valence-electron chi connectivity index (χ3n) is 3.95. The van der Waals surface area contributed by atoms with Crippen LogP contribution in [0.3, 0.4) is 0 Å². The molecule has 1 aliphatic carbocycles. The molecule has 2 atom stereocenters. The highest BCUT2D eigenvalue weighted by molar-refractivity contribution is 5.25. The first-order valence-electron chi connectivity index (χ1n) is 6.65. The van der Waals surface area contributed by atoms with E-state index in [9.17, 15) is 9.50 Å². The summed E-state index contributed by atoms with van der Waals surface area (Å²) in [7, 11) is 4.03. The molecular formula is C15H22FNO. The van der Waals surface area contributed by atoms with E-state index in [2.05, 4.69) is 4.90 Å². The van der Waals surface area contributed by atoms with Crippen LogP contribution in [0.15, 0.2) is 24.3 Å². The van der Waals surface area contributed by atoms with Crippen LogP contribution in [0.4, 0.5) is 4.39 Å². The van der Waals surface area contributed by atoms with Crippen LogP contribution in [0.1, 0.15) is 31.2 Å². The lowest BCUT2D eigenvalue weighted by molar-refractivity contribution is -0.0620. The second-order valence-electron chi connectivity index (χ2n) is 5.64. The third-order valence-corrected chi connectivity index (χ3v) is 3.95. The number of hydrogen-bond donors (Lipinski definition) is 1. The summed E-state index contributed by atoms with van der Waals surface area (Å²) in [5, 5.41) is 11.0. The minimum Gasteiger partial charge on any atom is -0.385 e. The molecule has 1 aromatic rings. The summed E-state index contributed by atoms with van der Waals surface area (Å²) in [6.07, 6.45) is 3.90. The fraction of sp³-hybridized carbons (Fsp3) is 0.600. The van der Waals surface area contributed by atoms with Gasteiger partial charge in [-0.05, 0) is 44.6 Å². The highest BCUT2D eigenvalue weighted by Crippen LogP contribution is 2.42. The Kier molecular flexibility index (Phi) is 4.03. The largest absolute Gasteiger partial charge is 0.385 e. The molecular weight excluding hydrogens is 229 g/mol. The van der Waals surface area contributed by atoms with Gasteiger partial charge in [0.05, 0.1) is 5.60 Å². The van der Waals surface area contributed by atoms with E-state index in [1.807, 2.05) is 20.2 Å². The van der Waals surface area contributed by atoms with Gasteiger partial charge in [0.15, 0.2) is 0 Å². The molecule has 1 N–H and O–H groups in total. The molecule has 1 saturated carbocycles. The Hall–Kier alpha value is -0.930. The van der Waals surface area contributed by atoms with E-state index in [0.717, 1.165) is 37.8 Å². The SMILES string of the molecule is CN(C)C[C@H]1CCCC[C@]1(O)c1cccc(F)c1. The van der Waals surface area contributed by atoms with Gasteiger partial charge in [-0.1, -0.05) is 25.0 Å². The Bertz CT molecular complexity index is 407. The van der Waals surface area contributed by atoms with E-state index in [0.29, 0.717) is 0 Å². The molecule has 0 bridgehead atoms. The van der Waals surface area contributed by atoms with E-state index in [-0.39, 0.29) is 11.7 Å². The van der Waals surface area contributed by atoms with Crippen molar-refractivity contribution in [3.8, 4) is 0 Å². The Labute approximate surface area is 108 Å². The number of aliphatic hydroxyl groups is 1. The Morgan fingerprint density at radius 2 is 2.17 bits per heavy atom. The van der Waals surface area contributed by atoms with Gasteiger partial charge >= 0.3 is 0 Å². The van der Waals surface area contributed by atoms with Crippen LogP contribution in [-0.2, 0) is 5.60 Å². The zero-order valence-corrected chi connectivity index (χ0v) is 11.2. The van der Waals surface area contributed by atoms with Crippen molar-refractivity contribution in [1.29, 1.82) is 0 Å². The molecule has 0 aromatic heterocycles. The molecule has 0 spiro atoms. The molecule has 0 heterocycles. The van der Waals surface area contributed by atoms with Gasteiger partial charge in [0, 0.05) is 12.5 Å². The summed E-state index contributed by atoms with van der Waals surface area (Å²) >= 11 is 0. The van der Waals surface area contributed by atoms with Gasteiger partial charge in [-0.25, -0.2) is 4.39 Å². The van der Waals surface area contributed by atoms with Crippen molar-refractivity contribution in [2.75, 3.05) is 20.6 Å². The van der Waals surface area contributed by atoms with E-state index < -0.39 is 5.60 Å². The van der Waals surface area contributed by atoms with Crippen molar-refractivity contribution in [2.45, 2.75) is 31.3 Å². The summed E-state index contributed by atoms with van der Waals surface area (Å²) in [6, 6.07) is 6.44. The quantitative estimate of drug-likeness (QED) is 0.893. The second-order valence-corrected chi connectivity index (χ2v) is 5.64. The van der Waals surface area contributed by atoms with E-state index in [4.69, 9.17) is 0 Å². The fourth-order valence-electron chi connectivity index (χ4n) is 3.05. The molecule has 1 aromatic carbocycles. The summed E-state index contributed by atoms with van der Waals surface area (Å²) < 4.78 is 13.4. The monoisotopic (exact) mass is 251 g/mol. The van der Waals surface area contributed by atoms with Crippen LogP contribution in [0.5, 0.6) is 0 Å². The van der Waals surface area contributed by atoms with E-state index >= 15 is 0 Å². The zero-order valence-electron chi connectivity index (χ0n) is 11.2. The van der Waals surface area contributed by atoms with Gasteiger partial charge in [0.1, 0.15) is 5.82 Å². The van der Waals surface area contributed by atoms with Gasteiger partial charge in [-0.3, -0.25) is 0 Å². The smallest absolute Gasteiger partial charge is 0.123 e. The van der Waals surface area contributed by atoms with Gasteiger partial charge in [0.25, 0.3) is 0 Å². The topological polar surface area (TPSA) is 23.5 Å². The maximum Gasteiger partial charge on any atom is 0.123 e. The average Bonchev–Trinajstić information content (AvgIpc) is 2.32. The summed E-state index contributed by atoms with van der Waals surface area (Å²) in [6.45, 7) is 0.840. The van der Waals surface area contributed by atoms with Crippen molar-refractivity contribution in [2.24, 2.45) is 5.92 Å². The highest BCUT2D eigenvalue weighted by Gasteiger charge is 2.40. The van der Waals surface area contributed by atoms with Gasteiger partial charge in [-0.2, -0.15) is 0 Å². The van der Waals surface area contributed by atoms with Crippen LogP contribution in [0.25, 0.3) is 0 Å². The van der Waals surface area contributed by atoms with Crippen molar-refractivity contribution in [3.05, 3.63) is 35.6 Å². The summed E-state index contributed by atoms with van der Waals surface area (Å²) in [5.74, 6) is -0.0850. The first-order chi connectivity index (χ1) is 8.52. The maximum atomic E-state index is 13.4. The number of nitrogens with zero attached hydrogens (tertiary/aromatic N) is 1. The van der Waals surface area contributed by atoms with Crippen molar-refractivity contribution in [1.82, 2.24) is 4.90 Å². The molecule has 1 aliphatic rings. The van der Waals surface area contributed by atoms with Crippen molar-refractivity contribution < 1.29 is 9.50 Å². The Balaban J connectivity index is 2.29. The molecule has 18 heavy (non-hydrogen) atoms. The number of hydrogen-bond acceptors (Lipinski definition) is 2. The average molecular weight is 251 g/mol. The molecule has 0 amide bonds. The Morgan fingerprint density at radius 3 is 2.83 bits per heavy atom. The molecule has 2 nitrogen and oxygen atoms in total. The predicted molar refractivity (Wildman–Crippen MR) is 70.8 cm³/mol. The third kappa shape index (κ3) is 2.73. The molecule has 0 radical (unpaired) electrons. The number of rotatable bonds is 3. The second kappa shape index (κ2) is 5.37. The minimum atomic E-state index is -0.870. The van der Waals surface area contributed by atoms with Gasteiger partial charge < -0.3 is 10.0 Å². The molecule has 0 unspecified atom stereocenters. The molecule has 1 fully saturated rings. The first-order valence-corrected chi connectivity index (χ1v) is 6.65. The summed E-state index contributed by atoms with van der Waals surface area (Å²) in [5.41, 5.74) is -0.140. The standard InChI is InChI=1S/C15H22FNO/c1-17(2)11-13-6-3-4-9-15(13,18)12-7-5-8-14(16)10-12/h5,7-8,10,13,18H,3-4,6,9,11H2,1-2H3/t13-,15+/m1/s1. The number of halogens is 1. The van der Waals surface area contributed by atoms with Crippen LogP contribution in [0.2, 0.25) is 0 Å². The van der Waals surface area contributed by atoms with Gasteiger partial charge in [-0.15, -0.1) is 0 Å². The van der Waals surface area contributed by atoms with Crippen LogP contribution in [-0.4, -0.2) is 30.6 Å². The molecule has 2 rings (SSSR count). The predicted octanol–water partition coefficient (Wildman–Crippen LogP) is 2.77. The highest BCUT2D eigenvalue weighted by atomic mass is 19.1. The fourth-order valence-corrected chi connectivity index (χ4v) is 3.05.